The Morgan fingerprint density at radius 1 is 0.386 bits per heavy atom. The van der Waals surface area contributed by atoms with Crippen molar-refractivity contribution in [2.75, 3.05) is 0 Å². The predicted molar refractivity (Wildman–Crippen MR) is 610 cm³/mol. The van der Waals surface area contributed by atoms with Gasteiger partial charge in [-0.3, -0.25) is 47.7 Å². The third-order valence-corrected chi connectivity index (χ3v) is 54.1. The topological polar surface area (TPSA) is 300 Å². The highest BCUT2D eigenvalue weighted by molar-refractivity contribution is 7.80. The van der Waals surface area contributed by atoms with Crippen LogP contribution >= 0.6 is 12.2 Å². The lowest BCUT2D eigenvalue weighted by Crippen LogP contribution is -2.53. The second-order valence-electron chi connectivity index (χ2n) is 48.4. The SMILES string of the molecule is C.C.C.C.C.C.C.C.C.C.CC(=O)C1CC(=O)CC(C)C1.CC(=O)C1CC(C)C(O)C(O[Si](C)(C)C(C)(C)C)C1.CC(=O)C1CC(C)C(OC(=S)n2ccnc2)C(O[Si](C)(C)C(C)(C)C)C1.CC(=O)C1CC(C)CC(O)C1.CC(=O)C1CC(C)CC(O[Si](C)(C)C(C)(C)C)C1.CC(=O)C1CC2OC2C(O[Si](C)(C)C(C)(C)C)C1.CC(=O)C1CC=CC(O)C1.CC(=O)C1CC=CC(O[Si](C)(C)C(C)(C)C)C1. The number of nitrogens with zero attached hydrogens (tertiary/aromatic N) is 2. The van der Waals surface area contributed by atoms with Crippen molar-refractivity contribution in [3.8, 4) is 0 Å². The first-order valence-corrected chi connectivity index (χ1v) is 64.1. The molecule has 0 aromatic carbocycles. The van der Waals surface area contributed by atoms with Crippen molar-refractivity contribution in [1.29, 1.82) is 0 Å². The van der Waals surface area contributed by atoms with Gasteiger partial charge < -0.3 is 46.9 Å². The average molecular weight is 2090 g/mol. The Hall–Kier alpha value is -3.67. The second kappa shape index (κ2) is 64.0. The average Bonchev–Trinajstić information content (AvgIpc) is 1.63. The van der Waals surface area contributed by atoms with Gasteiger partial charge in [0.15, 0.2) is 41.6 Å². The molecule has 1 aromatic rings. The zero-order chi connectivity index (χ0) is 100. The highest BCUT2D eigenvalue weighted by Gasteiger charge is 2.55. The molecule has 1 aromatic heterocycles. The molecule has 3 N–H and O–H groups in total. The first-order valence-electron chi connectivity index (χ1n) is 49.2. The van der Waals surface area contributed by atoms with Crippen LogP contribution in [0.5, 0.6) is 0 Å². The van der Waals surface area contributed by atoms with Crippen molar-refractivity contribution >= 4 is 111 Å². The fourth-order valence-electron chi connectivity index (χ4n) is 17.3. The number of hydrogen-bond acceptors (Lipinski definition) is 21. The Morgan fingerprint density at radius 2 is 0.736 bits per heavy atom. The number of imidazole rings is 1. The van der Waals surface area contributed by atoms with E-state index in [4.69, 9.17) is 48.9 Å². The minimum absolute atomic E-state index is 0. The molecule has 21 nitrogen and oxygen atoms in total. The Kier molecular flexibility index (Phi) is 69.3. The number of allylic oxidation sites excluding steroid dienone is 2. The lowest BCUT2D eigenvalue weighted by molar-refractivity contribution is -0.130. The number of hydrogen-bond donors (Lipinski definition) is 3. The number of aromatic nitrogens is 2. The normalized spacial score (nSPS) is 29.1. The van der Waals surface area contributed by atoms with E-state index in [1.54, 1.807) is 84.8 Å². The molecule has 24 unspecified atom stereocenters. The molecule has 10 rings (SSSR count). The molecule has 1 aliphatic heterocycles. The van der Waals surface area contributed by atoms with E-state index in [0.29, 0.717) is 73.3 Å². The zero-order valence-electron chi connectivity index (χ0n) is 88.5. The van der Waals surface area contributed by atoms with Crippen LogP contribution in [0.1, 0.15) is 390 Å². The summed E-state index contributed by atoms with van der Waals surface area (Å²) in [7, 11) is -9.08. The van der Waals surface area contributed by atoms with Crippen LogP contribution in [0.25, 0.3) is 0 Å². The van der Waals surface area contributed by atoms with E-state index in [9.17, 15) is 53.4 Å². The van der Waals surface area contributed by atoms with Gasteiger partial charge in [-0.25, -0.2) is 4.98 Å². The van der Waals surface area contributed by atoms with Crippen LogP contribution in [0.15, 0.2) is 43.0 Å². The molecule has 0 spiro atoms. The number of carbonyl (C=O) groups excluding carboxylic acids is 9. The van der Waals surface area contributed by atoms with Crippen molar-refractivity contribution in [2.45, 2.75) is 548 Å². The maximum absolute atomic E-state index is 12.0. The highest BCUT2D eigenvalue weighted by Crippen LogP contribution is 2.49. The minimum atomic E-state index is -2.00. The van der Waals surface area contributed by atoms with Crippen molar-refractivity contribution in [2.24, 2.45) is 76.9 Å². The second-order valence-corrected chi connectivity index (χ2v) is 72.5. The molecule has 8 aliphatic carbocycles. The van der Waals surface area contributed by atoms with E-state index >= 15 is 0 Å². The van der Waals surface area contributed by atoms with Crippen molar-refractivity contribution in [1.82, 2.24) is 9.55 Å². The summed E-state index contributed by atoms with van der Waals surface area (Å²) in [6.45, 7) is 79.8. The molecule has 1 saturated heterocycles. The summed E-state index contributed by atoms with van der Waals surface area (Å²) in [4.78, 5) is 106. The van der Waals surface area contributed by atoms with Crippen LogP contribution < -0.4 is 0 Å². The molecule has 0 bridgehead atoms. The monoisotopic (exact) mass is 2090 g/mol. The van der Waals surface area contributed by atoms with Gasteiger partial charge in [0.25, 0.3) is 5.17 Å². The third kappa shape index (κ3) is 49.6. The van der Waals surface area contributed by atoms with E-state index in [2.05, 4.69) is 207 Å². The molecule has 27 heteroatoms. The Morgan fingerprint density at radius 3 is 1.13 bits per heavy atom. The number of ether oxygens (including phenoxy) is 2. The molecule has 9 aliphatic rings. The smallest absolute Gasteiger partial charge is 0.269 e. The van der Waals surface area contributed by atoms with Gasteiger partial charge in [0.1, 0.15) is 70.6 Å². The predicted octanol–water partition coefficient (Wildman–Crippen LogP) is 29.5. The molecule has 24 atom stereocenters. The number of epoxide rings is 1. The van der Waals surface area contributed by atoms with E-state index in [0.717, 1.165) is 83.5 Å². The Labute approximate surface area is 872 Å². The van der Waals surface area contributed by atoms with Crippen molar-refractivity contribution in [3.05, 3.63) is 43.0 Å². The van der Waals surface area contributed by atoms with Crippen LogP contribution in [0.4, 0.5) is 0 Å². The summed E-state index contributed by atoms with van der Waals surface area (Å²) in [5.41, 5.74) is 0. The molecule has 0 radical (unpaired) electrons. The molecule has 0 amide bonds. The lowest BCUT2D eigenvalue weighted by atomic mass is 9.77. The summed E-state index contributed by atoms with van der Waals surface area (Å²) in [6.07, 6.45) is 28.0. The standard InChI is InChI=1S/C19H32N2O3SSi.C15H30O3Si.C15H30O2Si.C14H26O3Si.C14H26O2Si.C9H16O2.C9H14O2.C8H12O2.10CH4/c1-13-10-15(14(2)22)11-16(24-26(6,7)19(3,4)5)17(13)23-18(25)21-9-8-20-12-21;1-10-8-12(11(2)16)9-13(14(10)17)18-19(6,7)15(3,4)5;1-11-8-13(12(2)16)10-14(9-11)17-18(6,7)15(3,4)5;1-9(15)10-7-11-13(16-11)12(8-10)17-18(5,6)14(2,3)4;1-11(15)12-8-7-9-13(10-12)16-17(5,6)14(2,3)4;2*1-6-3-8(7(2)10)5-9(11)4-6;1-6(9)7-3-2-4-8(10)5-7;;;;;;;;;;/h8-9,12-13,15-17H,10-11H2,1-7H3;10,12-14,17H,8-9H2,1-7H3;11,13-14H,8-10H2,1-7H3;10-13H,7-8H2,1-6H3;7,9,12-13H,8,10H2,1-6H3;6,8-9,11H,3-5H2,1-2H3;6,8H,3-5H2,1-2H3;2,4,7-8,10H,3,5H2,1H3;10*1H4. The number of carbonyl (C=O) groups is 9. The van der Waals surface area contributed by atoms with Gasteiger partial charge in [-0.1, -0.05) is 237 Å². The molecule has 140 heavy (non-hydrogen) atoms. The fourth-order valence-corrected chi connectivity index (χ4v) is 24.2. The highest BCUT2D eigenvalue weighted by atomic mass is 32.1. The molecule has 6 saturated carbocycles. The number of aliphatic hydroxyl groups excluding tert-OH is 3. The molecular formula is C113H226N2O19SSi5. The number of ketones is 9. The number of Topliss-reactive ketones (excluding diaryl/α,β-unsaturated/α-hetero) is 9. The largest absolute Gasteiger partial charge is 0.464 e. The summed E-state index contributed by atoms with van der Waals surface area (Å²) >= 11 is 5.45. The Balaban J connectivity index is -0.000000238. The van der Waals surface area contributed by atoms with Crippen LogP contribution in [-0.4, -0.2) is 191 Å². The number of aliphatic hydroxyl groups is 3. The van der Waals surface area contributed by atoms with Gasteiger partial charge >= 0.3 is 0 Å². The van der Waals surface area contributed by atoms with Crippen molar-refractivity contribution < 1.29 is 90.1 Å². The first-order chi connectivity index (χ1) is 59.0. The summed E-state index contributed by atoms with van der Waals surface area (Å²) in [6, 6.07) is 0. The van der Waals surface area contributed by atoms with Crippen LogP contribution in [-0.2, 0) is 74.8 Å². The fraction of sp³-hybridized carbons (Fsp3) is 0.850. The van der Waals surface area contributed by atoms with Crippen LogP contribution in [0, 0.1) is 76.9 Å². The van der Waals surface area contributed by atoms with E-state index in [-0.39, 0.29) is 254 Å². The Bertz CT molecular complexity index is 3840. The van der Waals surface area contributed by atoms with Gasteiger partial charge in [0.2, 0.25) is 0 Å². The molecule has 7 fully saturated rings. The van der Waals surface area contributed by atoms with E-state index in [1.807, 2.05) is 19.9 Å². The quantitative estimate of drug-likeness (QED) is 0.0502. The zero-order valence-corrected chi connectivity index (χ0v) is 94.3. The third-order valence-electron chi connectivity index (χ3n) is 31.2. The molecule has 828 valence electrons. The van der Waals surface area contributed by atoms with Gasteiger partial charge in [-0.2, -0.15) is 0 Å². The molecular weight excluding hydrogens is 1860 g/mol. The lowest BCUT2D eigenvalue weighted by Gasteiger charge is -2.46. The van der Waals surface area contributed by atoms with Gasteiger partial charge in [-0.05, 0) is 297 Å². The van der Waals surface area contributed by atoms with Crippen LogP contribution in [0.3, 0.4) is 0 Å². The van der Waals surface area contributed by atoms with E-state index in [1.165, 1.54) is 0 Å². The van der Waals surface area contributed by atoms with Crippen LogP contribution in [0.2, 0.25) is 90.7 Å². The summed E-state index contributed by atoms with van der Waals surface area (Å²) in [5.74, 6) is 4.87. The first kappa shape index (κ1) is 152. The maximum Gasteiger partial charge on any atom is 0.269 e. The number of rotatable bonds is 19. The van der Waals surface area contributed by atoms with Crippen molar-refractivity contribution in [3.63, 3.8) is 0 Å². The van der Waals surface area contributed by atoms with Gasteiger partial charge in [-0.15, -0.1) is 0 Å². The molecule has 2 heterocycles. The van der Waals surface area contributed by atoms with Gasteiger partial charge in [0.05, 0.1) is 48.8 Å². The van der Waals surface area contributed by atoms with Gasteiger partial charge in [0, 0.05) is 78.7 Å². The minimum Gasteiger partial charge on any atom is -0.464 e. The summed E-state index contributed by atoms with van der Waals surface area (Å²) in [5, 5.41) is 30.1. The van der Waals surface area contributed by atoms with E-state index < -0.39 is 53.8 Å². The number of thiocarbonyl (C=S) groups is 1. The summed E-state index contributed by atoms with van der Waals surface area (Å²) < 4.78 is 45.8. The number of fused-ring (bicyclic) bond motifs is 1. The maximum atomic E-state index is 12.0.